The maximum absolute atomic E-state index is 12.7. The van der Waals surface area contributed by atoms with Crippen molar-refractivity contribution in [1.82, 2.24) is 4.98 Å². The zero-order valence-electron chi connectivity index (χ0n) is 14.0. The van der Waals surface area contributed by atoms with E-state index in [0.717, 1.165) is 12.1 Å². The van der Waals surface area contributed by atoms with Crippen molar-refractivity contribution in [3.8, 4) is 0 Å². The molecule has 0 radical (unpaired) electrons. The Labute approximate surface area is 151 Å². The average Bonchev–Trinajstić information content (AvgIpc) is 2.64. The second kappa shape index (κ2) is 7.61. The van der Waals surface area contributed by atoms with Crippen LogP contribution in [0.25, 0.3) is 11.1 Å². The van der Waals surface area contributed by atoms with Crippen LogP contribution in [0, 0.1) is 0 Å². The van der Waals surface area contributed by atoms with Crippen LogP contribution in [0.5, 0.6) is 0 Å². The summed E-state index contributed by atoms with van der Waals surface area (Å²) in [7, 11) is 0. The number of carbonyl (C=O) groups excluding carboxylic acids is 1. The predicted molar refractivity (Wildman–Crippen MR) is 89.8 cm³/mol. The lowest BCUT2D eigenvalue weighted by Crippen LogP contribution is -2.14. The topological polar surface area (TPSA) is 69.4 Å². The molecule has 0 bridgehead atoms. The number of alkyl halides is 3. The molecule has 27 heavy (non-hydrogen) atoms. The first kappa shape index (κ1) is 18.6. The summed E-state index contributed by atoms with van der Waals surface area (Å²) in [6.45, 7) is -0.289. The third kappa shape index (κ3) is 4.72. The van der Waals surface area contributed by atoms with Crippen LogP contribution in [0.3, 0.4) is 0 Å². The number of esters is 1. The quantitative estimate of drug-likeness (QED) is 0.631. The molecule has 0 spiro atoms. The molecule has 3 aromatic rings. The largest absolute Gasteiger partial charge is 0.461 e. The molecule has 0 N–H and O–H groups in total. The first-order valence-electron chi connectivity index (χ1n) is 8.03. The molecule has 0 saturated carbocycles. The van der Waals surface area contributed by atoms with Crippen LogP contribution in [-0.4, -0.2) is 11.0 Å². The van der Waals surface area contributed by atoms with E-state index < -0.39 is 23.3 Å². The number of ether oxygens (including phenoxy) is 1. The van der Waals surface area contributed by atoms with Crippen LogP contribution in [0.1, 0.15) is 23.2 Å². The van der Waals surface area contributed by atoms with Gasteiger partial charge in [0.15, 0.2) is 5.58 Å². The number of aromatic nitrogens is 1. The molecular weight excluding hydrogens is 363 g/mol. The fraction of sp³-hybridized carbons (Fsp3) is 0.211. The molecule has 3 rings (SSSR count). The maximum Gasteiger partial charge on any atom is 0.416 e. The molecule has 140 valence electrons. The summed E-state index contributed by atoms with van der Waals surface area (Å²) < 4.78 is 48.1. The number of para-hydroxylation sites is 2. The Bertz CT molecular complexity index is 1030. The molecule has 1 aromatic heterocycles. The molecule has 0 aliphatic rings. The van der Waals surface area contributed by atoms with Gasteiger partial charge in [-0.05, 0) is 29.8 Å². The Morgan fingerprint density at radius 1 is 1.11 bits per heavy atom. The van der Waals surface area contributed by atoms with Crippen LogP contribution < -0.4 is 5.63 Å². The Kier molecular flexibility index (Phi) is 5.25. The van der Waals surface area contributed by atoms with Gasteiger partial charge < -0.3 is 9.15 Å². The standard InChI is InChI=1S/C19H14F3NO4/c20-19(21,22)13-5-3-4-12(10-13)11-26-17(24)9-8-15-18(25)27-16-7-2-1-6-14(16)23-15/h1-7,10H,8-9,11H2. The van der Waals surface area contributed by atoms with E-state index in [1.165, 1.54) is 12.1 Å². The van der Waals surface area contributed by atoms with Gasteiger partial charge >= 0.3 is 17.8 Å². The molecule has 0 saturated heterocycles. The van der Waals surface area contributed by atoms with E-state index >= 15 is 0 Å². The molecule has 2 aromatic carbocycles. The average molecular weight is 377 g/mol. The van der Waals surface area contributed by atoms with Gasteiger partial charge in [-0.25, -0.2) is 9.78 Å². The second-order valence-corrected chi connectivity index (χ2v) is 5.77. The van der Waals surface area contributed by atoms with Crippen LogP contribution in [0.4, 0.5) is 13.2 Å². The molecule has 1 heterocycles. The fourth-order valence-electron chi connectivity index (χ4n) is 2.44. The van der Waals surface area contributed by atoms with Gasteiger partial charge in [-0.2, -0.15) is 13.2 Å². The zero-order chi connectivity index (χ0) is 19.4. The SMILES string of the molecule is O=C(CCc1nc2ccccc2oc1=O)OCc1cccc(C(F)(F)F)c1. The van der Waals surface area contributed by atoms with Crippen molar-refractivity contribution < 1.29 is 27.1 Å². The van der Waals surface area contributed by atoms with Crippen molar-refractivity contribution >= 4 is 17.1 Å². The van der Waals surface area contributed by atoms with Crippen LogP contribution in [-0.2, 0) is 28.7 Å². The minimum atomic E-state index is -4.46. The van der Waals surface area contributed by atoms with Crippen molar-refractivity contribution in [3.05, 3.63) is 75.8 Å². The van der Waals surface area contributed by atoms with Gasteiger partial charge in [-0.1, -0.05) is 24.3 Å². The number of rotatable bonds is 5. The first-order valence-corrected chi connectivity index (χ1v) is 8.03. The van der Waals surface area contributed by atoms with Crippen LogP contribution in [0.15, 0.2) is 57.7 Å². The van der Waals surface area contributed by atoms with Gasteiger partial charge in [0.2, 0.25) is 0 Å². The molecular formula is C19H14F3NO4. The van der Waals surface area contributed by atoms with Gasteiger partial charge in [-0.3, -0.25) is 4.79 Å². The van der Waals surface area contributed by atoms with Crippen molar-refractivity contribution in [1.29, 1.82) is 0 Å². The Balaban J connectivity index is 1.59. The molecule has 5 nitrogen and oxygen atoms in total. The van der Waals surface area contributed by atoms with Crippen molar-refractivity contribution in [2.45, 2.75) is 25.6 Å². The zero-order valence-corrected chi connectivity index (χ0v) is 14.0. The molecule has 8 heteroatoms. The molecule has 0 fully saturated rings. The van der Waals surface area contributed by atoms with Gasteiger partial charge in [0, 0.05) is 6.42 Å². The highest BCUT2D eigenvalue weighted by Crippen LogP contribution is 2.29. The van der Waals surface area contributed by atoms with E-state index in [0.29, 0.717) is 11.1 Å². The molecule has 0 aliphatic carbocycles. The van der Waals surface area contributed by atoms with E-state index in [1.807, 2.05) is 0 Å². The van der Waals surface area contributed by atoms with Crippen molar-refractivity contribution in [2.24, 2.45) is 0 Å². The molecule has 0 amide bonds. The van der Waals surface area contributed by atoms with E-state index in [9.17, 15) is 22.8 Å². The molecule has 0 unspecified atom stereocenters. The predicted octanol–water partition coefficient (Wildman–Crippen LogP) is 3.88. The van der Waals surface area contributed by atoms with Gasteiger partial charge in [0.25, 0.3) is 0 Å². The second-order valence-electron chi connectivity index (χ2n) is 5.77. The van der Waals surface area contributed by atoms with Crippen LogP contribution in [0.2, 0.25) is 0 Å². The normalized spacial score (nSPS) is 11.5. The highest BCUT2D eigenvalue weighted by Gasteiger charge is 2.30. The number of benzene rings is 2. The van der Waals surface area contributed by atoms with Crippen LogP contribution >= 0.6 is 0 Å². The molecule has 0 atom stereocenters. The number of hydrogen-bond donors (Lipinski definition) is 0. The molecule has 0 aliphatic heterocycles. The van der Waals surface area contributed by atoms with E-state index in [1.54, 1.807) is 24.3 Å². The summed E-state index contributed by atoms with van der Waals surface area (Å²) in [5, 5.41) is 0. The van der Waals surface area contributed by atoms with E-state index in [2.05, 4.69) is 4.98 Å². The minimum Gasteiger partial charge on any atom is -0.461 e. The summed E-state index contributed by atoms with van der Waals surface area (Å²) in [6.07, 6.45) is -4.60. The lowest BCUT2D eigenvalue weighted by atomic mass is 10.1. The number of fused-ring (bicyclic) bond motifs is 1. The first-order chi connectivity index (χ1) is 12.8. The van der Waals surface area contributed by atoms with Crippen molar-refractivity contribution in [3.63, 3.8) is 0 Å². The van der Waals surface area contributed by atoms with E-state index in [-0.39, 0.29) is 30.7 Å². The van der Waals surface area contributed by atoms with Gasteiger partial charge in [-0.15, -0.1) is 0 Å². The van der Waals surface area contributed by atoms with E-state index in [4.69, 9.17) is 9.15 Å². The van der Waals surface area contributed by atoms with Crippen molar-refractivity contribution in [2.75, 3.05) is 0 Å². The third-order valence-electron chi connectivity index (χ3n) is 3.78. The highest BCUT2D eigenvalue weighted by atomic mass is 19.4. The number of nitrogens with zero attached hydrogens (tertiary/aromatic N) is 1. The lowest BCUT2D eigenvalue weighted by Gasteiger charge is -2.09. The Hall–Kier alpha value is -3.16. The summed E-state index contributed by atoms with van der Waals surface area (Å²) in [6, 6.07) is 11.3. The van der Waals surface area contributed by atoms with Gasteiger partial charge in [0.05, 0.1) is 12.0 Å². The highest BCUT2D eigenvalue weighted by molar-refractivity contribution is 5.72. The fourth-order valence-corrected chi connectivity index (χ4v) is 2.44. The maximum atomic E-state index is 12.7. The summed E-state index contributed by atoms with van der Waals surface area (Å²) >= 11 is 0. The number of halogens is 3. The Morgan fingerprint density at radius 3 is 2.67 bits per heavy atom. The number of hydrogen-bond acceptors (Lipinski definition) is 5. The smallest absolute Gasteiger partial charge is 0.416 e. The number of carbonyl (C=O) groups is 1. The minimum absolute atomic E-state index is 0.00852. The third-order valence-corrected chi connectivity index (χ3v) is 3.78. The van der Waals surface area contributed by atoms with Gasteiger partial charge in [0.1, 0.15) is 17.8 Å². The summed E-state index contributed by atoms with van der Waals surface area (Å²) in [4.78, 5) is 27.9. The Morgan fingerprint density at radius 2 is 1.89 bits per heavy atom. The summed E-state index contributed by atoms with van der Waals surface area (Å²) in [5.41, 5.74) is -0.303. The summed E-state index contributed by atoms with van der Waals surface area (Å²) in [5.74, 6) is -0.651. The number of aryl methyl sites for hydroxylation is 1. The monoisotopic (exact) mass is 377 g/mol. The lowest BCUT2D eigenvalue weighted by molar-refractivity contribution is -0.144.